The van der Waals surface area contributed by atoms with Crippen LogP contribution in [0, 0.1) is 0 Å². The molecule has 3 rings (SSSR count). The highest BCUT2D eigenvalue weighted by molar-refractivity contribution is 5.65. The highest BCUT2D eigenvalue weighted by Crippen LogP contribution is 2.18. The van der Waals surface area contributed by atoms with Gasteiger partial charge < -0.3 is 0 Å². The van der Waals surface area contributed by atoms with Gasteiger partial charge in [0.2, 0.25) is 0 Å². The Morgan fingerprint density at radius 2 is 2.05 bits per heavy atom. The molecule has 1 aliphatic heterocycles. The summed E-state index contributed by atoms with van der Waals surface area (Å²) in [5.41, 5.74) is 2.36. The lowest BCUT2D eigenvalue weighted by Crippen LogP contribution is -2.22. The predicted molar refractivity (Wildman–Crippen MR) is 85.1 cm³/mol. The molecule has 0 spiro atoms. The van der Waals surface area contributed by atoms with Crippen LogP contribution in [-0.4, -0.2) is 14.3 Å². The number of rotatable bonds is 5. The first-order valence-electron chi connectivity index (χ1n) is 7.74. The molecule has 2 heterocycles. The van der Waals surface area contributed by atoms with Crippen LogP contribution in [0.5, 0.6) is 0 Å². The number of unbranched alkanes of at least 4 members (excludes halogenated alkanes) is 3. The van der Waals surface area contributed by atoms with E-state index in [1.807, 2.05) is 24.4 Å². The van der Waals surface area contributed by atoms with Gasteiger partial charge in [-0.2, -0.15) is 5.10 Å². The Balaban J connectivity index is 1.84. The normalized spacial score (nSPS) is 12.8. The Labute approximate surface area is 124 Å². The minimum atomic E-state index is -0.0226. The summed E-state index contributed by atoms with van der Waals surface area (Å²) in [6.45, 7) is 2.90. The second-order valence-corrected chi connectivity index (χ2v) is 5.54. The molecule has 0 unspecified atom stereocenters. The average Bonchev–Trinajstić information content (AvgIpc) is 2.69. The minimum absolute atomic E-state index is 0.0226. The molecular formula is C17H21N3O. The Bertz CT molecular complexity index is 709. The molecule has 1 aromatic carbocycles. The van der Waals surface area contributed by atoms with Crippen molar-refractivity contribution in [2.45, 2.75) is 45.6 Å². The third kappa shape index (κ3) is 2.84. The minimum Gasteiger partial charge on any atom is -0.253 e. The van der Waals surface area contributed by atoms with Gasteiger partial charge in [-0.3, -0.25) is 4.57 Å². The van der Waals surface area contributed by atoms with Crippen LogP contribution in [0.2, 0.25) is 0 Å². The van der Waals surface area contributed by atoms with Gasteiger partial charge in [-0.1, -0.05) is 50.5 Å². The average molecular weight is 283 g/mol. The van der Waals surface area contributed by atoms with E-state index in [1.165, 1.54) is 18.4 Å². The smallest absolute Gasteiger partial charge is 0.253 e. The van der Waals surface area contributed by atoms with Crippen LogP contribution < -0.4 is 5.69 Å². The largest absolute Gasteiger partial charge is 0.350 e. The second kappa shape index (κ2) is 6.12. The summed E-state index contributed by atoms with van der Waals surface area (Å²) < 4.78 is 3.29. The predicted octanol–water partition coefficient (Wildman–Crippen LogP) is 3.16. The van der Waals surface area contributed by atoms with Gasteiger partial charge in [0.05, 0.1) is 0 Å². The third-order valence-corrected chi connectivity index (χ3v) is 3.97. The maximum atomic E-state index is 12.4. The fraction of sp³-hybridized carbons (Fsp3) is 0.412. The van der Waals surface area contributed by atoms with Crippen LogP contribution in [0.3, 0.4) is 0 Å². The fourth-order valence-corrected chi connectivity index (χ4v) is 2.75. The summed E-state index contributed by atoms with van der Waals surface area (Å²) >= 11 is 0. The van der Waals surface area contributed by atoms with Crippen molar-refractivity contribution in [3.63, 3.8) is 0 Å². The molecule has 4 nitrogen and oxygen atoms in total. The van der Waals surface area contributed by atoms with Crippen molar-refractivity contribution >= 4 is 12.3 Å². The van der Waals surface area contributed by atoms with Crippen LogP contribution in [0.25, 0.3) is 12.3 Å². The van der Waals surface area contributed by atoms with Crippen LogP contribution in [0.1, 0.15) is 49.6 Å². The first-order valence-corrected chi connectivity index (χ1v) is 7.74. The SMILES string of the molecule is CCCCCCn1nc2n(c1=O)C=Cc1ccccc1C2. The lowest BCUT2D eigenvalue weighted by Gasteiger charge is -2.01. The lowest BCUT2D eigenvalue weighted by atomic mass is 10.1. The number of aromatic nitrogens is 3. The monoisotopic (exact) mass is 283 g/mol. The Morgan fingerprint density at radius 1 is 1.19 bits per heavy atom. The molecule has 2 aromatic rings. The molecule has 0 fully saturated rings. The summed E-state index contributed by atoms with van der Waals surface area (Å²) in [6.07, 6.45) is 9.15. The quantitative estimate of drug-likeness (QED) is 0.675. The van der Waals surface area contributed by atoms with Crippen LogP contribution >= 0.6 is 0 Å². The van der Waals surface area contributed by atoms with Gasteiger partial charge in [0.15, 0.2) is 0 Å². The molecule has 0 saturated carbocycles. The zero-order chi connectivity index (χ0) is 14.7. The molecule has 0 atom stereocenters. The number of hydrogen-bond acceptors (Lipinski definition) is 2. The molecule has 0 N–H and O–H groups in total. The maximum absolute atomic E-state index is 12.4. The van der Waals surface area contributed by atoms with E-state index in [1.54, 1.807) is 9.25 Å². The summed E-state index contributed by atoms with van der Waals surface area (Å²) in [6, 6.07) is 8.22. The number of hydrogen-bond donors (Lipinski definition) is 0. The molecule has 1 aromatic heterocycles. The lowest BCUT2D eigenvalue weighted by molar-refractivity contribution is 0.524. The molecule has 0 saturated heterocycles. The third-order valence-electron chi connectivity index (χ3n) is 3.97. The van der Waals surface area contributed by atoms with Crippen molar-refractivity contribution in [1.29, 1.82) is 0 Å². The van der Waals surface area contributed by atoms with E-state index in [0.717, 1.165) is 24.2 Å². The van der Waals surface area contributed by atoms with Crippen LogP contribution in [0.4, 0.5) is 0 Å². The van der Waals surface area contributed by atoms with Crippen molar-refractivity contribution < 1.29 is 0 Å². The Hall–Kier alpha value is -2.10. The van der Waals surface area contributed by atoms with Gasteiger partial charge in [-0.25, -0.2) is 9.48 Å². The first kappa shape index (κ1) is 13.9. The van der Waals surface area contributed by atoms with Crippen molar-refractivity contribution in [2.24, 2.45) is 0 Å². The molecule has 1 aliphatic rings. The second-order valence-electron chi connectivity index (χ2n) is 5.54. The molecular weight excluding hydrogens is 262 g/mol. The Kier molecular flexibility index (Phi) is 4.04. The van der Waals surface area contributed by atoms with E-state index in [2.05, 4.69) is 24.2 Å². The van der Waals surface area contributed by atoms with E-state index in [4.69, 9.17) is 0 Å². The molecule has 0 amide bonds. The highest BCUT2D eigenvalue weighted by atomic mass is 16.2. The molecule has 21 heavy (non-hydrogen) atoms. The van der Waals surface area contributed by atoms with Crippen LogP contribution in [0.15, 0.2) is 29.1 Å². The van der Waals surface area contributed by atoms with Gasteiger partial charge in [-0.15, -0.1) is 0 Å². The van der Waals surface area contributed by atoms with E-state index in [9.17, 15) is 4.79 Å². The van der Waals surface area contributed by atoms with Gasteiger partial charge in [0.1, 0.15) is 5.82 Å². The highest BCUT2D eigenvalue weighted by Gasteiger charge is 2.15. The molecule has 0 bridgehead atoms. The standard InChI is InChI=1S/C17H21N3O/c1-2-3-4-7-11-20-17(21)19-12-10-14-8-5-6-9-15(14)13-16(19)18-20/h5-6,8-10,12H,2-4,7,11,13H2,1H3. The zero-order valence-corrected chi connectivity index (χ0v) is 12.5. The van der Waals surface area contributed by atoms with E-state index in [0.29, 0.717) is 13.0 Å². The van der Waals surface area contributed by atoms with Crippen molar-refractivity contribution in [3.05, 3.63) is 51.7 Å². The van der Waals surface area contributed by atoms with Crippen molar-refractivity contribution in [2.75, 3.05) is 0 Å². The summed E-state index contributed by atoms with van der Waals surface area (Å²) in [7, 11) is 0. The Morgan fingerprint density at radius 3 is 2.90 bits per heavy atom. The molecule has 4 heteroatoms. The molecule has 0 radical (unpaired) electrons. The molecule has 110 valence electrons. The summed E-state index contributed by atoms with van der Waals surface area (Å²) in [5, 5.41) is 4.52. The summed E-state index contributed by atoms with van der Waals surface area (Å²) in [5.74, 6) is 0.830. The van der Waals surface area contributed by atoms with Gasteiger partial charge in [-0.05, 0) is 23.6 Å². The van der Waals surface area contributed by atoms with Crippen molar-refractivity contribution in [3.8, 4) is 0 Å². The maximum Gasteiger partial charge on any atom is 0.350 e. The van der Waals surface area contributed by atoms with Crippen LogP contribution in [-0.2, 0) is 13.0 Å². The first-order chi connectivity index (χ1) is 10.3. The van der Waals surface area contributed by atoms with E-state index < -0.39 is 0 Å². The summed E-state index contributed by atoms with van der Waals surface area (Å²) in [4.78, 5) is 12.4. The molecule has 0 aliphatic carbocycles. The van der Waals surface area contributed by atoms with E-state index in [-0.39, 0.29) is 5.69 Å². The number of benzene rings is 1. The zero-order valence-electron chi connectivity index (χ0n) is 12.5. The number of aryl methyl sites for hydroxylation is 1. The van der Waals surface area contributed by atoms with Gasteiger partial charge in [0, 0.05) is 19.2 Å². The topological polar surface area (TPSA) is 39.8 Å². The fourth-order valence-electron chi connectivity index (χ4n) is 2.75. The van der Waals surface area contributed by atoms with Crippen molar-refractivity contribution in [1.82, 2.24) is 14.3 Å². The number of nitrogens with zero attached hydrogens (tertiary/aromatic N) is 3. The van der Waals surface area contributed by atoms with Gasteiger partial charge in [0.25, 0.3) is 0 Å². The van der Waals surface area contributed by atoms with Gasteiger partial charge >= 0.3 is 5.69 Å². The van der Waals surface area contributed by atoms with E-state index >= 15 is 0 Å². The number of fused-ring (bicyclic) bond motifs is 2.